The van der Waals surface area contributed by atoms with Gasteiger partial charge in [-0.1, -0.05) is 6.07 Å². The zero-order chi connectivity index (χ0) is 13.8. The molecule has 0 amide bonds. The molecular weight excluding hydrogens is 311 g/mol. The molecule has 1 aromatic carbocycles. The highest BCUT2D eigenvalue weighted by Gasteiger charge is 2.17. The zero-order valence-electron chi connectivity index (χ0n) is 10.8. The molecule has 1 aliphatic heterocycles. The van der Waals surface area contributed by atoms with Gasteiger partial charge in [0.1, 0.15) is 12.5 Å². The van der Waals surface area contributed by atoms with Crippen LogP contribution in [0.15, 0.2) is 28.3 Å². The SMILES string of the molecule is C=N/C(Br)=N\N1CCCN(c2ccc(C)c(F)c2)C1. The first kappa shape index (κ1) is 14.0. The summed E-state index contributed by atoms with van der Waals surface area (Å²) in [6.07, 6.45) is 0.969. The highest BCUT2D eigenvalue weighted by atomic mass is 79.9. The van der Waals surface area contributed by atoms with E-state index in [1.807, 2.05) is 11.1 Å². The van der Waals surface area contributed by atoms with Crippen LogP contribution < -0.4 is 4.90 Å². The second kappa shape index (κ2) is 6.14. The minimum atomic E-state index is -0.174. The fraction of sp³-hybridized carbons (Fsp3) is 0.385. The van der Waals surface area contributed by atoms with Crippen molar-refractivity contribution < 1.29 is 4.39 Å². The molecule has 0 bridgehead atoms. The third-order valence-electron chi connectivity index (χ3n) is 3.05. The summed E-state index contributed by atoms with van der Waals surface area (Å²) in [6, 6.07) is 5.31. The molecule has 0 aliphatic carbocycles. The molecule has 1 saturated heterocycles. The Labute approximate surface area is 120 Å². The lowest BCUT2D eigenvalue weighted by Crippen LogP contribution is -2.42. The predicted molar refractivity (Wildman–Crippen MR) is 80.6 cm³/mol. The number of halogens is 2. The predicted octanol–water partition coefficient (Wildman–Crippen LogP) is 2.97. The number of hydrogen-bond acceptors (Lipinski definition) is 3. The van der Waals surface area contributed by atoms with Crippen LogP contribution in [0.25, 0.3) is 0 Å². The molecule has 2 rings (SSSR count). The van der Waals surface area contributed by atoms with Gasteiger partial charge >= 0.3 is 0 Å². The first-order valence-corrected chi connectivity index (χ1v) is 6.86. The van der Waals surface area contributed by atoms with E-state index < -0.39 is 0 Å². The fourth-order valence-electron chi connectivity index (χ4n) is 2.00. The summed E-state index contributed by atoms with van der Waals surface area (Å²) < 4.78 is 14.1. The summed E-state index contributed by atoms with van der Waals surface area (Å²) in [5.74, 6) is -0.174. The van der Waals surface area contributed by atoms with Gasteiger partial charge in [0.25, 0.3) is 0 Å². The Morgan fingerprint density at radius 3 is 2.89 bits per heavy atom. The lowest BCUT2D eigenvalue weighted by molar-refractivity contribution is 0.253. The van der Waals surface area contributed by atoms with Crippen LogP contribution in [0.3, 0.4) is 0 Å². The monoisotopic (exact) mass is 326 g/mol. The van der Waals surface area contributed by atoms with Crippen molar-refractivity contribution in [3.05, 3.63) is 29.6 Å². The quantitative estimate of drug-likeness (QED) is 0.475. The molecule has 6 heteroatoms. The van der Waals surface area contributed by atoms with Crippen LogP contribution in [-0.4, -0.2) is 36.2 Å². The van der Waals surface area contributed by atoms with Gasteiger partial charge in [-0.3, -0.25) is 5.01 Å². The Balaban J connectivity index is 2.12. The Kier molecular flexibility index (Phi) is 4.52. The van der Waals surface area contributed by atoms with E-state index in [1.165, 1.54) is 0 Å². The maximum Gasteiger partial charge on any atom is 0.214 e. The Morgan fingerprint density at radius 2 is 2.21 bits per heavy atom. The molecule has 0 N–H and O–H groups in total. The number of anilines is 1. The van der Waals surface area contributed by atoms with E-state index in [9.17, 15) is 4.39 Å². The van der Waals surface area contributed by atoms with Crippen molar-refractivity contribution in [1.82, 2.24) is 5.01 Å². The molecule has 0 aromatic heterocycles. The van der Waals surface area contributed by atoms with Gasteiger partial charge in [0.15, 0.2) is 0 Å². The molecule has 0 atom stereocenters. The largest absolute Gasteiger partial charge is 0.352 e. The molecule has 0 spiro atoms. The van der Waals surface area contributed by atoms with Gasteiger partial charge < -0.3 is 4.90 Å². The third-order valence-corrected chi connectivity index (χ3v) is 3.46. The Hall–Kier alpha value is -1.43. The summed E-state index contributed by atoms with van der Waals surface area (Å²) in [4.78, 5) is 5.80. The average Bonchev–Trinajstić information content (AvgIpc) is 2.42. The number of hydrogen-bond donors (Lipinski definition) is 0. The Morgan fingerprint density at radius 1 is 1.42 bits per heavy atom. The van der Waals surface area contributed by atoms with Crippen molar-refractivity contribution in [3.63, 3.8) is 0 Å². The highest BCUT2D eigenvalue weighted by molar-refractivity contribution is 9.18. The van der Waals surface area contributed by atoms with Crippen LogP contribution in [0, 0.1) is 12.7 Å². The minimum absolute atomic E-state index is 0.174. The summed E-state index contributed by atoms with van der Waals surface area (Å²) in [5, 5.41) is 6.16. The van der Waals surface area contributed by atoms with Crippen LogP contribution in [0.5, 0.6) is 0 Å². The normalized spacial score (nSPS) is 16.7. The molecule has 0 unspecified atom stereocenters. The third kappa shape index (κ3) is 3.53. The molecule has 4 nitrogen and oxygen atoms in total. The number of aryl methyl sites for hydroxylation is 1. The number of nitrogens with zero attached hydrogens (tertiary/aromatic N) is 4. The maximum absolute atomic E-state index is 13.6. The van der Waals surface area contributed by atoms with Gasteiger partial charge in [-0.25, -0.2) is 9.38 Å². The first-order valence-electron chi connectivity index (χ1n) is 6.07. The Bertz CT molecular complexity index is 503. The van der Waals surface area contributed by atoms with Crippen molar-refractivity contribution in [2.24, 2.45) is 10.1 Å². The molecule has 1 aliphatic rings. The van der Waals surface area contributed by atoms with Gasteiger partial charge in [0, 0.05) is 18.8 Å². The van der Waals surface area contributed by atoms with E-state index in [-0.39, 0.29) is 5.82 Å². The number of hydrazone groups is 1. The molecule has 1 heterocycles. The topological polar surface area (TPSA) is 31.2 Å². The van der Waals surface area contributed by atoms with Crippen LogP contribution >= 0.6 is 15.9 Å². The summed E-state index contributed by atoms with van der Waals surface area (Å²) >= 11 is 3.21. The second-order valence-corrected chi connectivity index (χ2v) is 5.16. The smallest absolute Gasteiger partial charge is 0.214 e. The minimum Gasteiger partial charge on any atom is -0.352 e. The lowest BCUT2D eigenvalue weighted by Gasteiger charge is -2.35. The molecule has 102 valence electrons. The van der Waals surface area contributed by atoms with Crippen LogP contribution in [0.1, 0.15) is 12.0 Å². The number of aliphatic imine (C=N–C) groups is 1. The average molecular weight is 327 g/mol. The van der Waals surface area contributed by atoms with E-state index in [0.29, 0.717) is 17.0 Å². The number of rotatable bonds is 2. The maximum atomic E-state index is 13.6. The molecular formula is C13H16BrFN4. The number of amidine groups is 1. The highest BCUT2D eigenvalue weighted by Crippen LogP contribution is 2.21. The van der Waals surface area contributed by atoms with Crippen molar-refractivity contribution in [2.45, 2.75) is 13.3 Å². The first-order chi connectivity index (χ1) is 9.10. The van der Waals surface area contributed by atoms with Gasteiger partial charge in [-0.15, -0.1) is 5.10 Å². The van der Waals surface area contributed by atoms with E-state index in [0.717, 1.165) is 25.2 Å². The van der Waals surface area contributed by atoms with Gasteiger partial charge in [-0.2, -0.15) is 0 Å². The summed E-state index contributed by atoms with van der Waals surface area (Å²) in [6.45, 7) is 7.54. The van der Waals surface area contributed by atoms with Crippen LogP contribution in [-0.2, 0) is 0 Å². The van der Waals surface area contributed by atoms with E-state index >= 15 is 0 Å². The zero-order valence-corrected chi connectivity index (χ0v) is 12.4. The van der Waals surface area contributed by atoms with Gasteiger partial charge in [-0.05, 0) is 53.7 Å². The van der Waals surface area contributed by atoms with Gasteiger partial charge in [0.05, 0.1) is 0 Å². The van der Waals surface area contributed by atoms with Crippen molar-refractivity contribution in [3.8, 4) is 0 Å². The molecule has 0 radical (unpaired) electrons. The molecule has 19 heavy (non-hydrogen) atoms. The lowest BCUT2D eigenvalue weighted by atomic mass is 10.2. The standard InChI is InChI=1S/C13H16BrFN4/c1-10-4-5-11(8-12(10)15)18-6-3-7-19(9-18)17-13(14)16-2/h4-5,8H,2-3,6-7,9H2,1H3/b17-13-. The van der Waals surface area contributed by atoms with E-state index in [4.69, 9.17) is 0 Å². The van der Waals surface area contributed by atoms with Crippen LogP contribution in [0.4, 0.5) is 10.1 Å². The van der Waals surface area contributed by atoms with Crippen molar-refractivity contribution >= 4 is 33.1 Å². The summed E-state index contributed by atoms with van der Waals surface area (Å²) in [5.41, 5.74) is 1.54. The molecule has 1 fully saturated rings. The van der Waals surface area contributed by atoms with Gasteiger partial charge in [0.2, 0.25) is 4.74 Å². The number of benzene rings is 1. The molecule has 1 aromatic rings. The van der Waals surface area contributed by atoms with E-state index in [1.54, 1.807) is 19.1 Å². The van der Waals surface area contributed by atoms with Crippen molar-refractivity contribution in [1.29, 1.82) is 0 Å². The van der Waals surface area contributed by atoms with E-state index in [2.05, 4.69) is 37.6 Å². The van der Waals surface area contributed by atoms with Crippen molar-refractivity contribution in [2.75, 3.05) is 24.7 Å². The molecule has 0 saturated carbocycles. The second-order valence-electron chi connectivity index (χ2n) is 4.45. The fourth-order valence-corrected chi connectivity index (χ4v) is 2.23. The summed E-state index contributed by atoms with van der Waals surface area (Å²) in [7, 11) is 0. The van der Waals surface area contributed by atoms with Crippen LogP contribution in [0.2, 0.25) is 0 Å².